The maximum Gasteiger partial charge on any atom is 0.166 e. The van der Waals surface area contributed by atoms with Crippen LogP contribution >= 0.6 is 0 Å². The van der Waals surface area contributed by atoms with Crippen molar-refractivity contribution in [3.8, 4) is 5.75 Å². The zero-order chi connectivity index (χ0) is 16.2. The average Bonchev–Trinajstić information content (AvgIpc) is 3.11. The molecule has 1 saturated heterocycles. The number of halogens is 1. The first kappa shape index (κ1) is 15.2. The Balaban J connectivity index is 1.77. The molecule has 1 aliphatic rings. The third kappa shape index (κ3) is 3.39. The minimum absolute atomic E-state index is 0.0676. The van der Waals surface area contributed by atoms with Crippen LogP contribution in [0.25, 0.3) is 12.2 Å². The highest BCUT2D eigenvalue weighted by Gasteiger charge is 2.12. The van der Waals surface area contributed by atoms with Crippen molar-refractivity contribution in [3.05, 3.63) is 53.1 Å². The maximum atomic E-state index is 13.5. The van der Waals surface area contributed by atoms with E-state index < -0.39 is 11.6 Å². The molecule has 4 nitrogen and oxygen atoms in total. The maximum absolute atomic E-state index is 13.5. The van der Waals surface area contributed by atoms with E-state index in [1.807, 2.05) is 18.3 Å². The first-order chi connectivity index (χ1) is 11.2. The van der Waals surface area contributed by atoms with E-state index in [1.54, 1.807) is 12.2 Å². The van der Waals surface area contributed by atoms with Crippen LogP contribution in [-0.2, 0) is 0 Å². The van der Waals surface area contributed by atoms with E-state index in [0.717, 1.165) is 24.5 Å². The third-order valence-electron chi connectivity index (χ3n) is 3.93. The third-order valence-corrected chi connectivity index (χ3v) is 3.93. The molecule has 1 aliphatic heterocycles. The van der Waals surface area contributed by atoms with Crippen molar-refractivity contribution in [2.75, 3.05) is 18.0 Å². The van der Waals surface area contributed by atoms with E-state index in [-0.39, 0.29) is 5.56 Å². The summed E-state index contributed by atoms with van der Waals surface area (Å²) in [5.74, 6) is -1.43. The second-order valence-corrected chi connectivity index (χ2v) is 5.53. The number of rotatable bonds is 4. The normalized spacial score (nSPS) is 14.6. The molecular formula is C18H17FN2O2. The molecule has 0 unspecified atom stereocenters. The summed E-state index contributed by atoms with van der Waals surface area (Å²) in [6.45, 7) is 2.14. The van der Waals surface area contributed by atoms with Gasteiger partial charge >= 0.3 is 0 Å². The van der Waals surface area contributed by atoms with Crippen molar-refractivity contribution in [1.82, 2.24) is 4.98 Å². The smallest absolute Gasteiger partial charge is 0.166 e. The molecule has 0 bridgehead atoms. The molecule has 1 N–H and O–H groups in total. The SMILES string of the molecule is O=Cc1cc(C=Cc2ccc(N3CCCC3)cn2)cc(F)c1O. The number of phenolic OH excluding ortho intramolecular Hbond substituents is 1. The Morgan fingerprint density at radius 3 is 2.61 bits per heavy atom. The van der Waals surface area contributed by atoms with E-state index in [0.29, 0.717) is 11.8 Å². The Bertz CT molecular complexity index is 735. The average molecular weight is 312 g/mol. The molecule has 23 heavy (non-hydrogen) atoms. The lowest BCUT2D eigenvalue weighted by molar-refractivity contribution is 0.112. The molecule has 2 aromatic rings. The quantitative estimate of drug-likeness (QED) is 0.878. The fraction of sp³-hybridized carbons (Fsp3) is 0.222. The number of pyridine rings is 1. The summed E-state index contributed by atoms with van der Waals surface area (Å²) in [7, 11) is 0. The molecule has 0 spiro atoms. The molecular weight excluding hydrogens is 295 g/mol. The molecule has 1 fully saturated rings. The van der Waals surface area contributed by atoms with Gasteiger partial charge in [-0.05, 0) is 48.7 Å². The number of benzene rings is 1. The number of aromatic hydroxyl groups is 1. The number of carbonyl (C=O) groups excluding carboxylic acids is 1. The van der Waals surface area contributed by atoms with E-state index in [9.17, 15) is 14.3 Å². The van der Waals surface area contributed by atoms with Gasteiger partial charge in [-0.2, -0.15) is 0 Å². The van der Waals surface area contributed by atoms with E-state index in [1.165, 1.54) is 25.0 Å². The van der Waals surface area contributed by atoms with Gasteiger partial charge in [0.25, 0.3) is 0 Å². The van der Waals surface area contributed by atoms with Crippen LogP contribution in [0.15, 0.2) is 30.5 Å². The van der Waals surface area contributed by atoms with Crippen LogP contribution < -0.4 is 4.90 Å². The number of phenols is 1. The number of hydrogen-bond acceptors (Lipinski definition) is 4. The number of aromatic nitrogens is 1. The Hall–Kier alpha value is -2.69. The largest absolute Gasteiger partial charge is 0.504 e. The van der Waals surface area contributed by atoms with Gasteiger partial charge in [-0.15, -0.1) is 0 Å². The summed E-state index contributed by atoms with van der Waals surface area (Å²) in [6.07, 6.45) is 8.10. The van der Waals surface area contributed by atoms with Crippen LogP contribution in [0.3, 0.4) is 0 Å². The van der Waals surface area contributed by atoms with Crippen molar-refractivity contribution in [3.63, 3.8) is 0 Å². The van der Waals surface area contributed by atoms with E-state index in [2.05, 4.69) is 9.88 Å². The van der Waals surface area contributed by atoms with Crippen LogP contribution in [0.4, 0.5) is 10.1 Å². The molecule has 0 saturated carbocycles. The van der Waals surface area contributed by atoms with Crippen molar-refractivity contribution in [1.29, 1.82) is 0 Å². The van der Waals surface area contributed by atoms with Gasteiger partial charge in [-0.25, -0.2) is 4.39 Å². The lowest BCUT2D eigenvalue weighted by Gasteiger charge is -2.16. The Morgan fingerprint density at radius 2 is 1.96 bits per heavy atom. The monoisotopic (exact) mass is 312 g/mol. The summed E-state index contributed by atoms with van der Waals surface area (Å²) >= 11 is 0. The van der Waals surface area contributed by atoms with Crippen LogP contribution in [0.5, 0.6) is 5.75 Å². The van der Waals surface area contributed by atoms with Gasteiger partial charge in [-0.1, -0.05) is 6.08 Å². The predicted octanol–water partition coefficient (Wildman–Crippen LogP) is 3.51. The fourth-order valence-electron chi connectivity index (χ4n) is 2.67. The number of anilines is 1. The number of nitrogens with zero attached hydrogens (tertiary/aromatic N) is 2. The highest BCUT2D eigenvalue weighted by molar-refractivity contribution is 5.82. The number of aldehydes is 1. The molecule has 1 aromatic carbocycles. The first-order valence-electron chi connectivity index (χ1n) is 7.54. The van der Waals surface area contributed by atoms with Gasteiger partial charge in [-0.3, -0.25) is 9.78 Å². The van der Waals surface area contributed by atoms with Crippen molar-refractivity contribution < 1.29 is 14.3 Å². The minimum atomic E-state index is -0.813. The highest BCUT2D eigenvalue weighted by atomic mass is 19.1. The summed E-state index contributed by atoms with van der Waals surface area (Å²) in [5.41, 5.74) is 2.28. The molecule has 5 heteroatoms. The fourth-order valence-corrected chi connectivity index (χ4v) is 2.67. The predicted molar refractivity (Wildman–Crippen MR) is 88.1 cm³/mol. The van der Waals surface area contributed by atoms with Crippen molar-refractivity contribution in [2.24, 2.45) is 0 Å². The number of hydrogen-bond donors (Lipinski definition) is 1. The van der Waals surface area contributed by atoms with Crippen molar-refractivity contribution in [2.45, 2.75) is 12.8 Å². The Labute approximate surface area is 133 Å². The number of carbonyl (C=O) groups is 1. The summed E-state index contributed by atoms with van der Waals surface area (Å²) in [5, 5.41) is 9.39. The van der Waals surface area contributed by atoms with Gasteiger partial charge in [0.1, 0.15) is 0 Å². The van der Waals surface area contributed by atoms with Gasteiger partial charge in [0.05, 0.1) is 23.1 Å². The second kappa shape index (κ2) is 6.60. The van der Waals surface area contributed by atoms with Crippen LogP contribution in [0.1, 0.15) is 34.5 Å². The van der Waals surface area contributed by atoms with Gasteiger partial charge in [0.2, 0.25) is 0 Å². The topological polar surface area (TPSA) is 53.4 Å². The molecule has 0 amide bonds. The molecule has 118 valence electrons. The second-order valence-electron chi connectivity index (χ2n) is 5.53. The summed E-state index contributed by atoms with van der Waals surface area (Å²) < 4.78 is 13.5. The van der Waals surface area contributed by atoms with Gasteiger partial charge < -0.3 is 10.0 Å². The lowest BCUT2D eigenvalue weighted by atomic mass is 10.1. The van der Waals surface area contributed by atoms with Crippen LogP contribution in [0.2, 0.25) is 0 Å². The van der Waals surface area contributed by atoms with Crippen LogP contribution in [0, 0.1) is 5.82 Å². The molecule has 2 heterocycles. The first-order valence-corrected chi connectivity index (χ1v) is 7.54. The van der Waals surface area contributed by atoms with E-state index in [4.69, 9.17) is 0 Å². The zero-order valence-corrected chi connectivity index (χ0v) is 12.6. The molecule has 3 rings (SSSR count). The van der Waals surface area contributed by atoms with Crippen molar-refractivity contribution >= 4 is 24.1 Å². The standard InChI is InChI=1S/C18H17FN2O2/c19-17-10-13(9-14(12-22)18(17)23)3-4-15-5-6-16(11-20-15)21-7-1-2-8-21/h3-6,9-12,23H,1-2,7-8H2. The Morgan fingerprint density at radius 1 is 1.17 bits per heavy atom. The molecule has 0 atom stereocenters. The molecule has 0 radical (unpaired) electrons. The van der Waals surface area contributed by atoms with Crippen LogP contribution in [-0.4, -0.2) is 29.5 Å². The van der Waals surface area contributed by atoms with Gasteiger partial charge in [0.15, 0.2) is 17.9 Å². The summed E-state index contributed by atoms with van der Waals surface area (Å²) in [4.78, 5) is 17.5. The minimum Gasteiger partial charge on any atom is -0.504 e. The lowest BCUT2D eigenvalue weighted by Crippen LogP contribution is -2.17. The molecule has 0 aliphatic carbocycles. The van der Waals surface area contributed by atoms with E-state index >= 15 is 0 Å². The summed E-state index contributed by atoms with van der Waals surface area (Å²) in [6, 6.07) is 6.53. The highest BCUT2D eigenvalue weighted by Crippen LogP contribution is 2.23. The molecule has 1 aromatic heterocycles. The zero-order valence-electron chi connectivity index (χ0n) is 12.6. The Kier molecular flexibility index (Phi) is 4.37. The van der Waals surface area contributed by atoms with Gasteiger partial charge in [0, 0.05) is 13.1 Å².